The van der Waals surface area contributed by atoms with Crippen molar-refractivity contribution in [1.29, 1.82) is 0 Å². The lowest BCUT2D eigenvalue weighted by Gasteiger charge is -2.17. The lowest BCUT2D eigenvalue weighted by molar-refractivity contribution is -0.127. The minimum atomic E-state index is 0.0999. The Balaban J connectivity index is 1.97. The maximum Gasteiger partial charge on any atom is 0.233 e. The highest BCUT2D eigenvalue weighted by Gasteiger charge is 2.12. The number of amides is 1. The van der Waals surface area contributed by atoms with Gasteiger partial charge in [-0.1, -0.05) is 23.4 Å². The quantitative estimate of drug-likeness (QED) is 0.829. The number of hydrogen-bond donors (Lipinski definition) is 1. The average Bonchev–Trinajstić information content (AvgIpc) is 2.96. The molecule has 1 amide bonds. The Bertz CT molecular complexity index is 595. The molecule has 2 aromatic rings. The van der Waals surface area contributed by atoms with Crippen LogP contribution in [0.2, 0.25) is 5.02 Å². The first-order chi connectivity index (χ1) is 10.1. The summed E-state index contributed by atoms with van der Waals surface area (Å²) in [6, 6.07) is 7.35. The number of halogens is 1. The number of aromatic amines is 1. The maximum absolute atomic E-state index is 11.9. The van der Waals surface area contributed by atoms with Gasteiger partial charge < -0.3 is 4.90 Å². The molecule has 0 aliphatic heterocycles. The third-order valence-electron chi connectivity index (χ3n) is 3.02. The fraction of sp³-hybridized carbons (Fsp3) is 0.357. The maximum atomic E-state index is 11.9. The second kappa shape index (κ2) is 7.47. The average molecular weight is 325 g/mol. The van der Waals surface area contributed by atoms with Crippen molar-refractivity contribution in [3.05, 3.63) is 29.3 Å². The Morgan fingerprint density at radius 2 is 1.95 bits per heavy atom. The Labute approximate surface area is 133 Å². The van der Waals surface area contributed by atoms with Crippen LogP contribution >= 0.6 is 23.4 Å². The highest BCUT2D eigenvalue weighted by molar-refractivity contribution is 7.99. The zero-order valence-electron chi connectivity index (χ0n) is 12.0. The van der Waals surface area contributed by atoms with Crippen LogP contribution in [-0.2, 0) is 4.79 Å². The number of aromatic nitrogens is 3. The van der Waals surface area contributed by atoms with E-state index in [-0.39, 0.29) is 5.91 Å². The molecule has 1 N–H and O–H groups in total. The topological polar surface area (TPSA) is 61.9 Å². The largest absolute Gasteiger partial charge is 0.343 e. The molecule has 0 bridgehead atoms. The predicted octanol–water partition coefficient (Wildman–Crippen LogP) is 3.09. The molecule has 1 aromatic carbocycles. The highest BCUT2D eigenvalue weighted by atomic mass is 35.5. The fourth-order valence-electron chi connectivity index (χ4n) is 1.84. The van der Waals surface area contributed by atoms with Gasteiger partial charge in [0.25, 0.3) is 0 Å². The predicted molar refractivity (Wildman–Crippen MR) is 85.5 cm³/mol. The third-order valence-corrected chi connectivity index (χ3v) is 4.11. The standard InChI is InChI=1S/C14H17ClN4OS/c1-3-19(4-2)12(20)9-21-14-16-13(17-18-14)10-5-7-11(15)8-6-10/h5-8H,3-4,9H2,1-2H3,(H,16,17,18). The molecule has 0 saturated heterocycles. The Kier molecular flexibility index (Phi) is 5.64. The summed E-state index contributed by atoms with van der Waals surface area (Å²) in [5, 5.41) is 8.24. The molecule has 1 heterocycles. The summed E-state index contributed by atoms with van der Waals surface area (Å²) in [5.41, 5.74) is 0.911. The van der Waals surface area contributed by atoms with Gasteiger partial charge >= 0.3 is 0 Å². The van der Waals surface area contributed by atoms with Crippen molar-refractivity contribution in [2.24, 2.45) is 0 Å². The van der Waals surface area contributed by atoms with Gasteiger partial charge in [-0.25, -0.2) is 4.98 Å². The fourth-order valence-corrected chi connectivity index (χ4v) is 2.67. The Morgan fingerprint density at radius 3 is 2.57 bits per heavy atom. The second-order valence-corrected chi connectivity index (χ2v) is 5.71. The number of nitrogens with one attached hydrogen (secondary N) is 1. The van der Waals surface area contributed by atoms with E-state index in [0.717, 1.165) is 18.7 Å². The van der Waals surface area contributed by atoms with E-state index < -0.39 is 0 Å². The molecule has 21 heavy (non-hydrogen) atoms. The van der Waals surface area contributed by atoms with Gasteiger partial charge in [0.05, 0.1) is 5.75 Å². The van der Waals surface area contributed by atoms with Crippen LogP contribution in [0, 0.1) is 0 Å². The summed E-state index contributed by atoms with van der Waals surface area (Å²) < 4.78 is 0. The summed E-state index contributed by atoms with van der Waals surface area (Å²) in [7, 11) is 0. The van der Waals surface area contributed by atoms with Crippen LogP contribution in [0.15, 0.2) is 29.4 Å². The summed E-state index contributed by atoms with van der Waals surface area (Å²) in [5.74, 6) is 1.12. The molecule has 0 saturated carbocycles. The minimum absolute atomic E-state index is 0.0999. The molecule has 0 spiro atoms. The number of nitrogens with zero attached hydrogens (tertiary/aromatic N) is 3. The molecule has 5 nitrogen and oxygen atoms in total. The minimum Gasteiger partial charge on any atom is -0.343 e. The van der Waals surface area contributed by atoms with E-state index >= 15 is 0 Å². The van der Waals surface area contributed by atoms with Crippen LogP contribution in [0.4, 0.5) is 0 Å². The zero-order chi connectivity index (χ0) is 15.2. The number of benzene rings is 1. The van der Waals surface area contributed by atoms with Gasteiger partial charge in [-0.2, -0.15) is 0 Å². The van der Waals surface area contributed by atoms with Gasteiger partial charge in [-0.05, 0) is 38.1 Å². The highest BCUT2D eigenvalue weighted by Crippen LogP contribution is 2.21. The second-order valence-electron chi connectivity index (χ2n) is 4.33. The van der Waals surface area contributed by atoms with Crippen LogP contribution in [0.25, 0.3) is 11.4 Å². The van der Waals surface area contributed by atoms with Crippen molar-refractivity contribution in [2.45, 2.75) is 19.0 Å². The van der Waals surface area contributed by atoms with Crippen LogP contribution in [0.5, 0.6) is 0 Å². The van der Waals surface area contributed by atoms with E-state index in [9.17, 15) is 4.79 Å². The van der Waals surface area contributed by atoms with Crippen LogP contribution in [0.1, 0.15) is 13.8 Å². The lowest BCUT2D eigenvalue weighted by atomic mass is 10.2. The normalized spacial score (nSPS) is 10.6. The zero-order valence-corrected chi connectivity index (χ0v) is 13.5. The van der Waals surface area contributed by atoms with Gasteiger partial charge in [0.15, 0.2) is 5.82 Å². The molecule has 0 aliphatic carbocycles. The number of rotatable bonds is 6. The SMILES string of the molecule is CCN(CC)C(=O)CSc1n[nH]c(-c2ccc(Cl)cc2)n1. The van der Waals surface area contributed by atoms with Gasteiger partial charge in [-0.15, -0.1) is 5.10 Å². The van der Waals surface area contributed by atoms with E-state index in [1.807, 2.05) is 26.0 Å². The summed E-state index contributed by atoms with van der Waals surface area (Å²) >= 11 is 7.19. The number of thioether (sulfide) groups is 1. The smallest absolute Gasteiger partial charge is 0.233 e. The molecule has 2 rings (SSSR count). The summed E-state index contributed by atoms with van der Waals surface area (Å²) in [4.78, 5) is 18.1. The van der Waals surface area contributed by atoms with Crippen molar-refractivity contribution in [3.8, 4) is 11.4 Å². The van der Waals surface area contributed by atoms with Crippen molar-refractivity contribution < 1.29 is 4.79 Å². The molecule has 1 aromatic heterocycles. The third kappa shape index (κ3) is 4.22. The molecular formula is C14H17ClN4OS. The van der Waals surface area contributed by atoms with Gasteiger partial charge in [0, 0.05) is 23.7 Å². The van der Waals surface area contributed by atoms with Crippen molar-refractivity contribution >= 4 is 29.3 Å². The number of carbonyl (C=O) groups excluding carboxylic acids is 1. The molecule has 7 heteroatoms. The molecule has 0 unspecified atom stereocenters. The van der Waals surface area contributed by atoms with Crippen molar-refractivity contribution in [3.63, 3.8) is 0 Å². The molecular weight excluding hydrogens is 308 g/mol. The lowest BCUT2D eigenvalue weighted by Crippen LogP contribution is -2.31. The van der Waals surface area contributed by atoms with Crippen LogP contribution in [-0.4, -0.2) is 44.8 Å². The molecule has 112 valence electrons. The van der Waals surface area contributed by atoms with Gasteiger partial charge in [-0.3, -0.25) is 9.89 Å². The van der Waals surface area contributed by atoms with E-state index in [4.69, 9.17) is 11.6 Å². The number of hydrogen-bond acceptors (Lipinski definition) is 4. The van der Waals surface area contributed by atoms with Crippen LogP contribution in [0.3, 0.4) is 0 Å². The molecule has 0 radical (unpaired) electrons. The first kappa shape index (κ1) is 15.9. The van der Waals surface area contributed by atoms with Gasteiger partial charge in [0.2, 0.25) is 11.1 Å². The molecule has 0 aliphatic rings. The first-order valence-electron chi connectivity index (χ1n) is 6.73. The van der Waals surface area contributed by atoms with E-state index in [1.165, 1.54) is 11.8 Å². The summed E-state index contributed by atoms with van der Waals surface area (Å²) in [6.07, 6.45) is 0. The van der Waals surface area contributed by atoms with Crippen LogP contribution < -0.4 is 0 Å². The van der Waals surface area contributed by atoms with E-state index in [0.29, 0.717) is 21.8 Å². The Hall–Kier alpha value is -1.53. The molecule has 0 fully saturated rings. The summed E-state index contributed by atoms with van der Waals surface area (Å²) in [6.45, 7) is 5.38. The number of carbonyl (C=O) groups is 1. The van der Waals surface area contributed by atoms with Crippen molar-refractivity contribution in [2.75, 3.05) is 18.8 Å². The monoisotopic (exact) mass is 324 g/mol. The van der Waals surface area contributed by atoms with Gasteiger partial charge in [0.1, 0.15) is 0 Å². The van der Waals surface area contributed by atoms with E-state index in [2.05, 4.69) is 15.2 Å². The first-order valence-corrected chi connectivity index (χ1v) is 8.09. The van der Waals surface area contributed by atoms with E-state index in [1.54, 1.807) is 17.0 Å². The van der Waals surface area contributed by atoms with Crippen molar-refractivity contribution in [1.82, 2.24) is 20.1 Å². The Morgan fingerprint density at radius 1 is 1.29 bits per heavy atom. The molecule has 0 atom stereocenters. The number of H-pyrrole nitrogens is 1.